The van der Waals surface area contributed by atoms with Crippen molar-refractivity contribution >= 4 is 40.2 Å². The lowest BCUT2D eigenvalue weighted by Crippen LogP contribution is -2.66. The first-order chi connectivity index (χ1) is 23.7. The van der Waals surface area contributed by atoms with Gasteiger partial charge in [-0.1, -0.05) is 65.2 Å². The lowest BCUT2D eigenvalue weighted by molar-refractivity contribution is -0.167. The lowest BCUT2D eigenvalue weighted by atomic mass is 9.64. The Hall–Kier alpha value is -3.84. The van der Waals surface area contributed by atoms with Crippen LogP contribution < -0.4 is 5.32 Å². The van der Waals surface area contributed by atoms with Crippen molar-refractivity contribution in [2.75, 3.05) is 26.2 Å². The Labute approximate surface area is 296 Å². The van der Waals surface area contributed by atoms with Gasteiger partial charge in [-0.3, -0.25) is 14.4 Å². The molecule has 8 heteroatoms. The molecule has 2 fully saturated rings. The third kappa shape index (κ3) is 7.52. The first kappa shape index (κ1) is 35.0. The molecule has 6 rings (SSSR count). The van der Waals surface area contributed by atoms with Gasteiger partial charge in [-0.15, -0.1) is 0 Å². The number of hydrogen-bond donors (Lipinski definition) is 2. The van der Waals surface area contributed by atoms with Gasteiger partial charge in [0, 0.05) is 60.1 Å². The molecule has 260 valence electrons. The maximum Gasteiger partial charge on any atom is 0.228 e. The molecule has 3 aromatic rings. The van der Waals surface area contributed by atoms with Gasteiger partial charge >= 0.3 is 0 Å². The number of nitrogens with zero attached hydrogens (tertiary/aromatic N) is 2. The molecule has 3 aliphatic heterocycles. The molecule has 7 nitrogen and oxygen atoms in total. The number of halogens is 1. The fourth-order valence-corrected chi connectivity index (χ4v) is 8.60. The van der Waals surface area contributed by atoms with Crippen LogP contribution in [0.4, 0.5) is 0 Å². The number of allylic oxidation sites excluding steroid dienone is 3. The van der Waals surface area contributed by atoms with E-state index < -0.39 is 17.4 Å². The molecule has 3 aliphatic rings. The van der Waals surface area contributed by atoms with Gasteiger partial charge in [-0.2, -0.15) is 0 Å². The summed E-state index contributed by atoms with van der Waals surface area (Å²) in [7, 11) is 0. The third-order valence-electron chi connectivity index (χ3n) is 11.0. The van der Waals surface area contributed by atoms with E-state index in [1.54, 1.807) is 0 Å². The summed E-state index contributed by atoms with van der Waals surface area (Å²) >= 11 is 6.51. The van der Waals surface area contributed by atoms with Crippen LogP contribution in [0.5, 0.6) is 0 Å². The minimum absolute atomic E-state index is 0.0262. The fraction of sp³-hybridized carbons (Fsp3) is 0.488. The molecule has 49 heavy (non-hydrogen) atoms. The molecule has 4 heterocycles. The maximum absolute atomic E-state index is 14.9. The molecule has 0 saturated carbocycles. The van der Waals surface area contributed by atoms with Gasteiger partial charge in [0.05, 0.1) is 11.5 Å². The van der Waals surface area contributed by atoms with Crippen molar-refractivity contribution < 1.29 is 14.4 Å². The highest BCUT2D eigenvalue weighted by atomic mass is 35.5. The van der Waals surface area contributed by atoms with Crippen LogP contribution >= 0.6 is 11.6 Å². The quantitative estimate of drug-likeness (QED) is 0.202. The Morgan fingerprint density at radius 1 is 1.02 bits per heavy atom. The number of benzene rings is 2. The van der Waals surface area contributed by atoms with Crippen molar-refractivity contribution in [3.05, 3.63) is 93.7 Å². The molecule has 0 bridgehead atoms. The highest BCUT2D eigenvalue weighted by molar-refractivity contribution is 6.31. The summed E-state index contributed by atoms with van der Waals surface area (Å²) in [5, 5.41) is 4.76. The van der Waals surface area contributed by atoms with Crippen molar-refractivity contribution in [3.8, 4) is 0 Å². The van der Waals surface area contributed by atoms with E-state index >= 15 is 0 Å². The molecular weight excluding hydrogens is 632 g/mol. The van der Waals surface area contributed by atoms with E-state index in [2.05, 4.69) is 55.4 Å². The zero-order valence-electron chi connectivity index (χ0n) is 29.3. The number of nitrogens with one attached hydrogen (secondary N) is 2. The van der Waals surface area contributed by atoms with Crippen LogP contribution in [0.3, 0.4) is 0 Å². The summed E-state index contributed by atoms with van der Waals surface area (Å²) in [6, 6.07) is 16.2. The molecule has 1 aromatic heterocycles. The first-order valence-electron chi connectivity index (χ1n) is 18.2. The van der Waals surface area contributed by atoms with Gasteiger partial charge in [-0.05, 0) is 108 Å². The van der Waals surface area contributed by atoms with Crippen LogP contribution in [-0.4, -0.2) is 58.7 Å². The average molecular weight is 683 g/mol. The number of rotatable bonds is 11. The van der Waals surface area contributed by atoms with Crippen molar-refractivity contribution in [2.24, 2.45) is 11.8 Å². The number of aromatic nitrogens is 1. The lowest BCUT2D eigenvalue weighted by Gasteiger charge is -2.56. The molecule has 2 aromatic carbocycles. The van der Waals surface area contributed by atoms with Crippen molar-refractivity contribution in [1.82, 2.24) is 20.1 Å². The maximum atomic E-state index is 14.9. The number of likely N-dealkylation sites (tertiary alicyclic amines) is 1. The number of fused-ring (bicyclic) bond motifs is 5. The SMILES string of the molecule is CC(C)=CCC/C(C)=C/CNC(=O)C[C@H]1C[C@H](C(=O)N2CCCCC2)[C@@]2(CCc3ccccc3)c3[nH]c4ccc(Cl)cc4c3CCN2C1=O. The zero-order chi connectivity index (χ0) is 34.5. The summed E-state index contributed by atoms with van der Waals surface area (Å²) < 4.78 is 0. The van der Waals surface area contributed by atoms with Gasteiger partial charge in [0.15, 0.2) is 0 Å². The van der Waals surface area contributed by atoms with E-state index in [-0.39, 0.29) is 24.1 Å². The predicted molar refractivity (Wildman–Crippen MR) is 197 cm³/mol. The number of carbonyl (C=O) groups excluding carboxylic acids is 3. The van der Waals surface area contributed by atoms with E-state index in [1.807, 2.05) is 46.2 Å². The second-order valence-corrected chi connectivity index (χ2v) is 15.0. The van der Waals surface area contributed by atoms with E-state index in [0.717, 1.165) is 67.4 Å². The van der Waals surface area contributed by atoms with Gasteiger partial charge in [0.2, 0.25) is 17.7 Å². The highest BCUT2D eigenvalue weighted by Gasteiger charge is 2.59. The number of hydrogen-bond acceptors (Lipinski definition) is 3. The Balaban J connectivity index is 1.34. The Bertz CT molecular complexity index is 1730. The average Bonchev–Trinajstić information content (AvgIpc) is 3.47. The number of carbonyl (C=O) groups is 3. The number of H-pyrrole nitrogens is 1. The molecule has 3 amide bonds. The molecule has 2 N–H and O–H groups in total. The molecule has 3 atom stereocenters. The molecule has 0 radical (unpaired) electrons. The topological polar surface area (TPSA) is 85.5 Å². The molecule has 0 spiro atoms. The second kappa shape index (κ2) is 15.4. The fourth-order valence-electron chi connectivity index (χ4n) is 8.43. The molecule has 2 saturated heterocycles. The van der Waals surface area contributed by atoms with E-state index in [9.17, 15) is 14.4 Å². The van der Waals surface area contributed by atoms with Gasteiger partial charge in [0.25, 0.3) is 0 Å². The van der Waals surface area contributed by atoms with Crippen LogP contribution in [0.25, 0.3) is 10.9 Å². The monoisotopic (exact) mass is 682 g/mol. The molecule has 0 unspecified atom stereocenters. The van der Waals surface area contributed by atoms with Crippen LogP contribution in [0.2, 0.25) is 5.02 Å². The molecule has 0 aliphatic carbocycles. The van der Waals surface area contributed by atoms with Crippen LogP contribution in [-0.2, 0) is 32.8 Å². The Kier molecular flexibility index (Phi) is 11.0. The summed E-state index contributed by atoms with van der Waals surface area (Å²) in [5.74, 6) is -1.11. The van der Waals surface area contributed by atoms with Gasteiger partial charge in [0.1, 0.15) is 0 Å². The van der Waals surface area contributed by atoms with Gasteiger partial charge < -0.3 is 20.1 Å². The van der Waals surface area contributed by atoms with Crippen molar-refractivity contribution in [2.45, 2.75) is 90.5 Å². The predicted octanol–water partition coefficient (Wildman–Crippen LogP) is 7.88. The zero-order valence-corrected chi connectivity index (χ0v) is 30.1. The normalized spacial score (nSPS) is 22.4. The van der Waals surface area contributed by atoms with Crippen molar-refractivity contribution in [1.29, 1.82) is 0 Å². The third-order valence-corrected chi connectivity index (χ3v) is 11.2. The standard InChI is InChI=1S/C41H51ClN4O3/c1-28(2)11-10-12-29(3)18-21-43-37(47)26-31-25-35(40(49)45-22-8-5-9-23-45)41(20-17-30-13-6-4-7-14-30)38-33(19-24-46(41)39(31)48)34-27-32(42)15-16-36(34)44-38/h4,6-7,11,13-16,18,27,31,35,44H,5,8-10,12,17,19-26H2,1-3H3,(H,43,47)/b29-18+/t31-,35-,41+/m1/s1. The minimum atomic E-state index is -0.862. The Morgan fingerprint density at radius 2 is 1.80 bits per heavy atom. The van der Waals surface area contributed by atoms with E-state index in [0.29, 0.717) is 43.8 Å². The summed E-state index contributed by atoms with van der Waals surface area (Å²) in [5.41, 5.74) is 5.92. The van der Waals surface area contributed by atoms with E-state index in [1.165, 1.54) is 16.7 Å². The minimum Gasteiger partial charge on any atom is -0.356 e. The first-order valence-corrected chi connectivity index (χ1v) is 18.6. The number of amides is 3. The molecular formula is C41H51ClN4O3. The van der Waals surface area contributed by atoms with E-state index in [4.69, 9.17) is 11.6 Å². The summed E-state index contributed by atoms with van der Waals surface area (Å²) in [4.78, 5) is 50.7. The van der Waals surface area contributed by atoms with Gasteiger partial charge in [-0.25, -0.2) is 0 Å². The summed E-state index contributed by atoms with van der Waals surface area (Å²) in [6.07, 6.45) is 11.7. The smallest absolute Gasteiger partial charge is 0.228 e. The largest absolute Gasteiger partial charge is 0.356 e. The van der Waals surface area contributed by atoms with Crippen molar-refractivity contribution in [3.63, 3.8) is 0 Å². The highest BCUT2D eigenvalue weighted by Crippen LogP contribution is 2.53. The second-order valence-electron chi connectivity index (χ2n) is 14.6. The van der Waals surface area contributed by atoms with Crippen LogP contribution in [0.15, 0.2) is 71.8 Å². The number of aromatic amines is 1. The Morgan fingerprint density at radius 3 is 2.55 bits per heavy atom. The van der Waals surface area contributed by atoms with Crippen LogP contribution in [0.1, 0.15) is 89.0 Å². The summed E-state index contributed by atoms with van der Waals surface area (Å²) in [6.45, 7) is 8.68. The van der Waals surface area contributed by atoms with Crippen LogP contribution in [0, 0.1) is 11.8 Å². The number of piperidine rings is 2. The number of aryl methyl sites for hydroxylation is 1.